The minimum absolute atomic E-state index is 0.189. The molecule has 0 saturated heterocycles. The van der Waals surface area contributed by atoms with Crippen LogP contribution in [0.25, 0.3) is 0 Å². The Hall–Kier alpha value is -0.630. The fourth-order valence-electron chi connectivity index (χ4n) is 1.19. The fraction of sp³-hybridized carbons (Fsp3) is 0.500. The third-order valence-electron chi connectivity index (χ3n) is 1.99. The van der Waals surface area contributed by atoms with E-state index in [-0.39, 0.29) is 5.92 Å². The van der Waals surface area contributed by atoms with Crippen LogP contribution >= 0.6 is 11.3 Å². The molecule has 66 valence electrons. The van der Waals surface area contributed by atoms with Crippen LogP contribution in [0.2, 0.25) is 0 Å². The van der Waals surface area contributed by atoms with Gasteiger partial charge < -0.3 is 0 Å². The van der Waals surface area contributed by atoms with Crippen LogP contribution in [0.3, 0.4) is 0 Å². The quantitative estimate of drug-likeness (QED) is 0.699. The van der Waals surface area contributed by atoms with E-state index in [1.807, 2.05) is 19.9 Å². The molecular formula is C10H14OS. The summed E-state index contributed by atoms with van der Waals surface area (Å²) in [6.45, 7) is 3.93. The normalized spacial score (nSPS) is 12.8. The van der Waals surface area contributed by atoms with E-state index in [0.717, 1.165) is 6.42 Å². The van der Waals surface area contributed by atoms with Gasteiger partial charge in [0.25, 0.3) is 0 Å². The minimum Gasteiger partial charge on any atom is -0.299 e. The highest BCUT2D eigenvalue weighted by molar-refractivity contribution is 7.09. The third kappa shape index (κ3) is 2.45. The van der Waals surface area contributed by atoms with Gasteiger partial charge in [0, 0.05) is 17.2 Å². The summed E-state index contributed by atoms with van der Waals surface area (Å²) in [5, 5.41) is 2.05. The maximum absolute atomic E-state index is 11.2. The zero-order valence-electron chi connectivity index (χ0n) is 7.54. The molecule has 0 aromatic carbocycles. The third-order valence-corrected chi connectivity index (χ3v) is 2.88. The highest BCUT2D eigenvalue weighted by Gasteiger charge is 2.11. The molecule has 1 atom stereocenters. The number of rotatable bonds is 4. The topological polar surface area (TPSA) is 17.1 Å². The molecule has 1 aromatic heterocycles. The molecule has 0 aliphatic heterocycles. The lowest BCUT2D eigenvalue weighted by Gasteiger charge is -2.06. The van der Waals surface area contributed by atoms with E-state index in [1.165, 1.54) is 4.88 Å². The Morgan fingerprint density at radius 3 is 2.92 bits per heavy atom. The molecule has 0 N–H and O–H groups in total. The molecule has 2 heteroatoms. The van der Waals surface area contributed by atoms with E-state index in [0.29, 0.717) is 12.2 Å². The van der Waals surface area contributed by atoms with Crippen LogP contribution in [-0.4, -0.2) is 5.78 Å². The van der Waals surface area contributed by atoms with Gasteiger partial charge in [-0.1, -0.05) is 19.9 Å². The molecule has 0 aliphatic rings. The van der Waals surface area contributed by atoms with Crippen molar-refractivity contribution in [1.82, 2.24) is 0 Å². The second kappa shape index (κ2) is 4.41. The number of hydrogen-bond acceptors (Lipinski definition) is 2. The first-order valence-electron chi connectivity index (χ1n) is 4.29. The number of thiophene rings is 1. The van der Waals surface area contributed by atoms with Crippen molar-refractivity contribution in [2.75, 3.05) is 0 Å². The van der Waals surface area contributed by atoms with Crippen molar-refractivity contribution >= 4 is 17.1 Å². The van der Waals surface area contributed by atoms with Gasteiger partial charge >= 0.3 is 0 Å². The summed E-state index contributed by atoms with van der Waals surface area (Å²) in [7, 11) is 0. The van der Waals surface area contributed by atoms with Gasteiger partial charge in [0.1, 0.15) is 5.78 Å². The van der Waals surface area contributed by atoms with Crippen LogP contribution in [0.15, 0.2) is 17.5 Å². The number of carbonyl (C=O) groups excluding carboxylic acids is 1. The van der Waals surface area contributed by atoms with Gasteiger partial charge in [-0.05, 0) is 17.9 Å². The second-order valence-corrected chi connectivity index (χ2v) is 4.04. The van der Waals surface area contributed by atoms with E-state index in [2.05, 4.69) is 11.4 Å². The van der Waals surface area contributed by atoms with Crippen LogP contribution in [0.5, 0.6) is 0 Å². The molecule has 1 rings (SSSR count). The molecule has 0 fully saturated rings. The van der Waals surface area contributed by atoms with Crippen LogP contribution < -0.4 is 0 Å². The summed E-state index contributed by atoms with van der Waals surface area (Å²) in [5.41, 5.74) is 0. The highest BCUT2D eigenvalue weighted by atomic mass is 32.1. The SMILES string of the molecule is CCC(=O)C(C)Cc1cccs1. The smallest absolute Gasteiger partial charge is 0.135 e. The van der Waals surface area contributed by atoms with Crippen LogP contribution in [0.1, 0.15) is 25.1 Å². The summed E-state index contributed by atoms with van der Waals surface area (Å²) in [6, 6.07) is 4.12. The molecule has 1 unspecified atom stereocenters. The Bertz CT molecular complexity index is 238. The fourth-order valence-corrected chi connectivity index (χ4v) is 2.03. The maximum Gasteiger partial charge on any atom is 0.135 e. The summed E-state index contributed by atoms with van der Waals surface area (Å²) >= 11 is 1.73. The van der Waals surface area contributed by atoms with Crippen LogP contribution in [-0.2, 0) is 11.2 Å². The van der Waals surface area contributed by atoms with E-state index >= 15 is 0 Å². The standard InChI is InChI=1S/C10H14OS/c1-3-10(11)8(2)7-9-5-4-6-12-9/h4-6,8H,3,7H2,1-2H3. The minimum atomic E-state index is 0.189. The van der Waals surface area contributed by atoms with Crippen LogP contribution in [0.4, 0.5) is 0 Å². The summed E-state index contributed by atoms with van der Waals surface area (Å²) in [5.74, 6) is 0.553. The van der Waals surface area contributed by atoms with E-state index in [1.54, 1.807) is 11.3 Å². The Labute approximate surface area is 77.4 Å². The number of carbonyl (C=O) groups is 1. The predicted molar refractivity (Wildman–Crippen MR) is 52.5 cm³/mol. The first-order valence-corrected chi connectivity index (χ1v) is 5.17. The Morgan fingerprint density at radius 2 is 2.42 bits per heavy atom. The largest absolute Gasteiger partial charge is 0.299 e. The van der Waals surface area contributed by atoms with Crippen molar-refractivity contribution < 1.29 is 4.79 Å². The van der Waals surface area contributed by atoms with Crippen molar-refractivity contribution in [3.05, 3.63) is 22.4 Å². The van der Waals surface area contributed by atoms with Crippen molar-refractivity contribution in [2.24, 2.45) is 5.92 Å². The number of ketones is 1. The Balaban J connectivity index is 2.47. The van der Waals surface area contributed by atoms with E-state index in [9.17, 15) is 4.79 Å². The highest BCUT2D eigenvalue weighted by Crippen LogP contribution is 2.15. The van der Waals surface area contributed by atoms with E-state index < -0.39 is 0 Å². The lowest BCUT2D eigenvalue weighted by Crippen LogP contribution is -2.11. The maximum atomic E-state index is 11.2. The summed E-state index contributed by atoms with van der Waals surface area (Å²) in [4.78, 5) is 12.6. The van der Waals surface area contributed by atoms with Gasteiger partial charge in [-0.2, -0.15) is 0 Å². The van der Waals surface area contributed by atoms with Gasteiger partial charge in [0.2, 0.25) is 0 Å². The molecule has 1 aromatic rings. The first kappa shape index (κ1) is 9.46. The summed E-state index contributed by atoms with van der Waals surface area (Å²) < 4.78 is 0. The molecule has 0 aliphatic carbocycles. The van der Waals surface area contributed by atoms with Crippen molar-refractivity contribution in [2.45, 2.75) is 26.7 Å². The van der Waals surface area contributed by atoms with Gasteiger partial charge in [0.05, 0.1) is 0 Å². The average molecular weight is 182 g/mol. The predicted octanol–water partition coefficient (Wildman–Crippen LogP) is 2.91. The average Bonchev–Trinajstić information content (AvgIpc) is 2.55. The molecular weight excluding hydrogens is 168 g/mol. The second-order valence-electron chi connectivity index (χ2n) is 3.00. The molecule has 12 heavy (non-hydrogen) atoms. The zero-order chi connectivity index (χ0) is 8.97. The lowest BCUT2D eigenvalue weighted by molar-refractivity contribution is -0.122. The molecule has 0 spiro atoms. The Kier molecular flexibility index (Phi) is 3.48. The zero-order valence-corrected chi connectivity index (χ0v) is 8.36. The molecule has 0 saturated carbocycles. The van der Waals surface area contributed by atoms with Gasteiger partial charge in [-0.3, -0.25) is 4.79 Å². The Morgan fingerprint density at radius 1 is 1.67 bits per heavy atom. The number of Topliss-reactive ketones (excluding diaryl/α,β-unsaturated/α-hetero) is 1. The molecule has 0 radical (unpaired) electrons. The first-order chi connectivity index (χ1) is 5.74. The van der Waals surface area contributed by atoms with Gasteiger partial charge in [-0.15, -0.1) is 11.3 Å². The van der Waals surface area contributed by atoms with Crippen molar-refractivity contribution in [3.63, 3.8) is 0 Å². The molecule has 0 amide bonds. The van der Waals surface area contributed by atoms with Gasteiger partial charge in [-0.25, -0.2) is 0 Å². The number of hydrogen-bond donors (Lipinski definition) is 0. The van der Waals surface area contributed by atoms with Gasteiger partial charge in [0.15, 0.2) is 0 Å². The summed E-state index contributed by atoms with van der Waals surface area (Å²) in [6.07, 6.45) is 1.57. The van der Waals surface area contributed by atoms with Crippen molar-refractivity contribution in [3.8, 4) is 0 Å². The van der Waals surface area contributed by atoms with E-state index in [4.69, 9.17) is 0 Å². The molecule has 1 heterocycles. The molecule has 0 bridgehead atoms. The molecule has 1 nitrogen and oxygen atoms in total. The van der Waals surface area contributed by atoms with Crippen molar-refractivity contribution in [1.29, 1.82) is 0 Å². The monoisotopic (exact) mass is 182 g/mol. The lowest BCUT2D eigenvalue weighted by atomic mass is 10.0. The van der Waals surface area contributed by atoms with Crippen LogP contribution in [0, 0.1) is 5.92 Å².